The van der Waals surface area contributed by atoms with Crippen LogP contribution in [0.4, 0.5) is 0 Å². The number of aliphatic hydroxyl groups is 1. The number of hydrogen-bond acceptors (Lipinski definition) is 7. The normalized spacial score (nSPS) is 32.2. The summed E-state index contributed by atoms with van der Waals surface area (Å²) in [5.41, 5.74) is 0. The predicted octanol–water partition coefficient (Wildman–Crippen LogP) is -0.787. The summed E-state index contributed by atoms with van der Waals surface area (Å²) >= 11 is 0. The van der Waals surface area contributed by atoms with Crippen LogP contribution in [0.2, 0.25) is 0 Å². The van der Waals surface area contributed by atoms with Gasteiger partial charge in [-0.15, -0.1) is 0 Å². The maximum atomic E-state index is 11.0. The Bertz CT molecular complexity index is 262. The molecule has 0 spiro atoms. The van der Waals surface area contributed by atoms with Crippen LogP contribution in [0.25, 0.3) is 0 Å². The highest BCUT2D eigenvalue weighted by molar-refractivity contribution is 5.67. The molecule has 1 saturated heterocycles. The van der Waals surface area contributed by atoms with Gasteiger partial charge in [0.2, 0.25) is 0 Å². The number of methoxy groups -OCH3 is 1. The molecule has 1 fully saturated rings. The van der Waals surface area contributed by atoms with Gasteiger partial charge in [0, 0.05) is 21.0 Å². The fraction of sp³-hybridized carbons (Fsp3) is 0.800. The first-order chi connectivity index (χ1) is 7.99. The maximum Gasteiger partial charge on any atom is 0.303 e. The molecular formula is C10H16O7. The lowest BCUT2D eigenvalue weighted by molar-refractivity contribution is -0.181. The van der Waals surface area contributed by atoms with Gasteiger partial charge in [0.25, 0.3) is 0 Å². The Hall–Kier alpha value is -1.18. The smallest absolute Gasteiger partial charge is 0.303 e. The molecule has 1 N–H and O–H groups in total. The van der Waals surface area contributed by atoms with Crippen LogP contribution in [0.1, 0.15) is 13.8 Å². The molecular weight excluding hydrogens is 232 g/mol. The number of carbonyl (C=O) groups excluding carboxylic acids is 2. The molecule has 0 aromatic heterocycles. The van der Waals surface area contributed by atoms with E-state index in [4.69, 9.17) is 24.1 Å². The third-order valence-electron chi connectivity index (χ3n) is 2.28. The van der Waals surface area contributed by atoms with E-state index in [9.17, 15) is 9.59 Å². The van der Waals surface area contributed by atoms with Crippen molar-refractivity contribution in [1.29, 1.82) is 0 Å². The second-order valence-electron chi connectivity index (χ2n) is 3.61. The standard InChI is InChI=1S/C10H16O7/c1-5(12)15-8-7(4-11)17-10(14-3)9(8)16-6(2)13/h7-11H,4H2,1-3H3/t7-,8-,9+,10?/m1/s1. The van der Waals surface area contributed by atoms with Crippen LogP contribution >= 0.6 is 0 Å². The molecule has 7 heteroatoms. The molecule has 0 radical (unpaired) electrons. The van der Waals surface area contributed by atoms with Gasteiger partial charge in [-0.3, -0.25) is 9.59 Å². The van der Waals surface area contributed by atoms with E-state index in [1.165, 1.54) is 21.0 Å². The average Bonchev–Trinajstić information content (AvgIpc) is 2.55. The summed E-state index contributed by atoms with van der Waals surface area (Å²) in [6.45, 7) is 2.08. The van der Waals surface area contributed by atoms with Gasteiger partial charge in [-0.2, -0.15) is 0 Å². The Morgan fingerprint density at radius 1 is 1.18 bits per heavy atom. The molecule has 1 aliphatic heterocycles. The number of carbonyl (C=O) groups is 2. The van der Waals surface area contributed by atoms with Crippen molar-refractivity contribution in [3.8, 4) is 0 Å². The molecule has 0 amide bonds. The van der Waals surface area contributed by atoms with Gasteiger partial charge < -0.3 is 24.1 Å². The first kappa shape index (κ1) is 13.9. The molecule has 1 aliphatic rings. The van der Waals surface area contributed by atoms with E-state index in [1.807, 2.05) is 0 Å². The van der Waals surface area contributed by atoms with Crippen LogP contribution in [0.3, 0.4) is 0 Å². The Kier molecular flexibility index (Phi) is 4.86. The second kappa shape index (κ2) is 5.95. The van der Waals surface area contributed by atoms with Crippen LogP contribution in [-0.4, -0.2) is 55.4 Å². The van der Waals surface area contributed by atoms with Crippen molar-refractivity contribution in [2.24, 2.45) is 0 Å². The summed E-state index contributed by atoms with van der Waals surface area (Å²) in [5, 5.41) is 9.10. The zero-order chi connectivity index (χ0) is 13.0. The van der Waals surface area contributed by atoms with Crippen molar-refractivity contribution in [3.63, 3.8) is 0 Å². The Balaban J connectivity index is 2.82. The quantitative estimate of drug-likeness (QED) is 0.652. The van der Waals surface area contributed by atoms with Crippen molar-refractivity contribution < 1.29 is 33.6 Å². The summed E-state index contributed by atoms with van der Waals surface area (Å²) in [5.74, 6) is -1.10. The lowest BCUT2D eigenvalue weighted by Gasteiger charge is -2.22. The summed E-state index contributed by atoms with van der Waals surface area (Å²) in [4.78, 5) is 21.9. The van der Waals surface area contributed by atoms with Gasteiger partial charge in [-0.1, -0.05) is 0 Å². The zero-order valence-corrected chi connectivity index (χ0v) is 9.91. The summed E-state index contributed by atoms with van der Waals surface area (Å²) in [6.07, 6.45) is -3.38. The minimum Gasteiger partial charge on any atom is -0.455 e. The second-order valence-corrected chi connectivity index (χ2v) is 3.61. The summed E-state index contributed by atoms with van der Waals surface area (Å²) < 4.78 is 20.2. The topological polar surface area (TPSA) is 91.3 Å². The highest BCUT2D eigenvalue weighted by Crippen LogP contribution is 2.27. The lowest BCUT2D eigenvalue weighted by Crippen LogP contribution is -2.41. The minimum absolute atomic E-state index is 0.366. The molecule has 7 nitrogen and oxygen atoms in total. The van der Waals surface area contributed by atoms with Crippen molar-refractivity contribution >= 4 is 11.9 Å². The van der Waals surface area contributed by atoms with E-state index in [1.54, 1.807) is 0 Å². The Morgan fingerprint density at radius 2 is 1.71 bits per heavy atom. The van der Waals surface area contributed by atoms with E-state index in [2.05, 4.69) is 0 Å². The number of esters is 2. The molecule has 0 bridgehead atoms. The molecule has 1 rings (SSSR count). The molecule has 1 unspecified atom stereocenters. The summed E-state index contributed by atoms with van der Waals surface area (Å²) in [7, 11) is 1.37. The van der Waals surface area contributed by atoms with Crippen LogP contribution in [0, 0.1) is 0 Å². The molecule has 1 heterocycles. The van der Waals surface area contributed by atoms with Gasteiger partial charge in [-0.25, -0.2) is 0 Å². The number of hydrogen-bond donors (Lipinski definition) is 1. The van der Waals surface area contributed by atoms with Crippen molar-refractivity contribution in [2.45, 2.75) is 38.4 Å². The van der Waals surface area contributed by atoms with Gasteiger partial charge in [0.15, 0.2) is 18.5 Å². The van der Waals surface area contributed by atoms with Crippen molar-refractivity contribution in [1.82, 2.24) is 0 Å². The third-order valence-corrected chi connectivity index (χ3v) is 2.28. The highest BCUT2D eigenvalue weighted by Gasteiger charge is 2.49. The van der Waals surface area contributed by atoms with E-state index in [0.29, 0.717) is 0 Å². The highest BCUT2D eigenvalue weighted by atomic mass is 16.7. The van der Waals surface area contributed by atoms with E-state index >= 15 is 0 Å². The van der Waals surface area contributed by atoms with Crippen molar-refractivity contribution in [3.05, 3.63) is 0 Å². The molecule has 4 atom stereocenters. The first-order valence-corrected chi connectivity index (χ1v) is 5.13. The Labute approximate surface area is 98.6 Å². The van der Waals surface area contributed by atoms with Crippen LogP contribution < -0.4 is 0 Å². The van der Waals surface area contributed by atoms with Gasteiger partial charge in [0.05, 0.1) is 6.61 Å². The van der Waals surface area contributed by atoms with Crippen LogP contribution in [0.15, 0.2) is 0 Å². The molecule has 0 aromatic carbocycles. The van der Waals surface area contributed by atoms with Crippen LogP contribution in [-0.2, 0) is 28.5 Å². The fourth-order valence-electron chi connectivity index (χ4n) is 1.68. The Morgan fingerprint density at radius 3 is 2.12 bits per heavy atom. The predicted molar refractivity (Wildman–Crippen MR) is 53.9 cm³/mol. The number of aliphatic hydroxyl groups excluding tert-OH is 1. The SMILES string of the molecule is COC1O[C@H](CO)[C@@H](OC(C)=O)[C@@H]1OC(C)=O. The fourth-order valence-corrected chi connectivity index (χ4v) is 1.68. The zero-order valence-electron chi connectivity index (χ0n) is 9.91. The molecule has 0 aliphatic carbocycles. The molecule has 0 aromatic rings. The lowest BCUT2D eigenvalue weighted by atomic mass is 10.1. The maximum absolute atomic E-state index is 11.0. The van der Waals surface area contributed by atoms with E-state index in [0.717, 1.165) is 0 Å². The average molecular weight is 248 g/mol. The van der Waals surface area contributed by atoms with Crippen molar-refractivity contribution in [2.75, 3.05) is 13.7 Å². The third kappa shape index (κ3) is 3.39. The molecule has 0 saturated carbocycles. The van der Waals surface area contributed by atoms with Gasteiger partial charge in [0.1, 0.15) is 6.10 Å². The van der Waals surface area contributed by atoms with Gasteiger partial charge in [-0.05, 0) is 0 Å². The van der Waals surface area contributed by atoms with E-state index < -0.39 is 36.5 Å². The monoisotopic (exact) mass is 248 g/mol. The molecule has 17 heavy (non-hydrogen) atoms. The van der Waals surface area contributed by atoms with Gasteiger partial charge >= 0.3 is 11.9 Å². The largest absolute Gasteiger partial charge is 0.455 e. The van der Waals surface area contributed by atoms with E-state index in [-0.39, 0.29) is 6.61 Å². The first-order valence-electron chi connectivity index (χ1n) is 5.13. The summed E-state index contributed by atoms with van der Waals surface area (Å²) in [6, 6.07) is 0. The minimum atomic E-state index is -0.876. The number of ether oxygens (including phenoxy) is 4. The molecule has 98 valence electrons. The number of rotatable bonds is 4. The van der Waals surface area contributed by atoms with Crippen LogP contribution in [0.5, 0.6) is 0 Å².